The first-order valence-electron chi connectivity index (χ1n) is 4.50. The minimum atomic E-state index is -0.695. The topological polar surface area (TPSA) is 49.3 Å². The normalized spacial score (nSPS) is 13.3. The van der Waals surface area contributed by atoms with E-state index in [2.05, 4.69) is 19.2 Å². The van der Waals surface area contributed by atoms with Crippen molar-refractivity contribution in [3.63, 3.8) is 0 Å². The maximum absolute atomic E-state index is 10.4. The number of nitrogens with one attached hydrogen (secondary N) is 1. The molecule has 0 aliphatic rings. The Morgan fingerprint density at radius 1 is 1.42 bits per heavy atom. The van der Waals surface area contributed by atoms with Gasteiger partial charge in [0.25, 0.3) is 0 Å². The Bertz CT molecular complexity index is 134. The summed E-state index contributed by atoms with van der Waals surface area (Å²) >= 11 is 0. The highest BCUT2D eigenvalue weighted by Crippen LogP contribution is 2.04. The average molecular weight is 173 g/mol. The van der Waals surface area contributed by atoms with Crippen molar-refractivity contribution in [1.82, 2.24) is 5.32 Å². The van der Waals surface area contributed by atoms with Crippen LogP contribution in [0.4, 0.5) is 0 Å². The van der Waals surface area contributed by atoms with Gasteiger partial charge >= 0.3 is 5.97 Å². The van der Waals surface area contributed by atoms with E-state index in [1.807, 2.05) is 0 Å². The molecular formula is C9H19NO2. The fraction of sp³-hybridized carbons (Fsp3) is 0.889. The van der Waals surface area contributed by atoms with Crippen LogP contribution in [0.2, 0.25) is 0 Å². The molecule has 0 aromatic carbocycles. The molecule has 0 aromatic rings. The molecule has 0 rings (SSSR count). The standard InChI is InChI=1S/C9H19NO2/c1-7(2)10-6-4-5-8(3)9(11)12/h7-8,10H,4-6H2,1-3H3,(H,11,12). The number of rotatable bonds is 6. The zero-order chi connectivity index (χ0) is 9.56. The van der Waals surface area contributed by atoms with Crippen molar-refractivity contribution >= 4 is 5.97 Å². The number of carbonyl (C=O) groups is 1. The summed E-state index contributed by atoms with van der Waals surface area (Å²) in [6.45, 7) is 6.83. The van der Waals surface area contributed by atoms with Gasteiger partial charge in [-0.15, -0.1) is 0 Å². The molecule has 3 heteroatoms. The van der Waals surface area contributed by atoms with Crippen LogP contribution in [0.25, 0.3) is 0 Å². The van der Waals surface area contributed by atoms with Gasteiger partial charge in [-0.25, -0.2) is 0 Å². The summed E-state index contributed by atoms with van der Waals surface area (Å²) in [5, 5.41) is 11.8. The van der Waals surface area contributed by atoms with Crippen molar-refractivity contribution in [3.8, 4) is 0 Å². The molecule has 0 fully saturated rings. The van der Waals surface area contributed by atoms with E-state index in [-0.39, 0.29) is 5.92 Å². The van der Waals surface area contributed by atoms with Gasteiger partial charge in [-0.05, 0) is 19.4 Å². The number of hydrogen-bond donors (Lipinski definition) is 2. The molecule has 0 spiro atoms. The van der Waals surface area contributed by atoms with Crippen molar-refractivity contribution in [3.05, 3.63) is 0 Å². The van der Waals surface area contributed by atoms with Crippen molar-refractivity contribution in [2.45, 2.75) is 39.7 Å². The molecule has 2 N–H and O–H groups in total. The lowest BCUT2D eigenvalue weighted by Gasteiger charge is -2.09. The summed E-state index contributed by atoms with van der Waals surface area (Å²) < 4.78 is 0. The van der Waals surface area contributed by atoms with Gasteiger partial charge in [0.2, 0.25) is 0 Å². The lowest BCUT2D eigenvalue weighted by atomic mass is 10.1. The Morgan fingerprint density at radius 3 is 2.42 bits per heavy atom. The quantitative estimate of drug-likeness (QED) is 0.598. The van der Waals surface area contributed by atoms with Crippen LogP contribution in [-0.2, 0) is 4.79 Å². The highest BCUT2D eigenvalue weighted by atomic mass is 16.4. The fourth-order valence-electron chi connectivity index (χ4n) is 0.922. The Kier molecular flexibility index (Phi) is 5.72. The van der Waals surface area contributed by atoms with E-state index in [0.29, 0.717) is 6.04 Å². The van der Waals surface area contributed by atoms with Crippen LogP contribution in [0.1, 0.15) is 33.6 Å². The molecule has 72 valence electrons. The molecular weight excluding hydrogens is 154 g/mol. The summed E-state index contributed by atoms with van der Waals surface area (Å²) in [6, 6.07) is 0.491. The van der Waals surface area contributed by atoms with Gasteiger partial charge in [-0.3, -0.25) is 4.79 Å². The third-order valence-electron chi connectivity index (χ3n) is 1.79. The monoisotopic (exact) mass is 173 g/mol. The number of hydrogen-bond acceptors (Lipinski definition) is 2. The largest absolute Gasteiger partial charge is 0.481 e. The average Bonchev–Trinajstić information content (AvgIpc) is 1.97. The zero-order valence-electron chi connectivity index (χ0n) is 8.13. The first kappa shape index (κ1) is 11.4. The molecule has 0 amide bonds. The maximum atomic E-state index is 10.4. The highest BCUT2D eigenvalue weighted by molar-refractivity contribution is 5.69. The smallest absolute Gasteiger partial charge is 0.306 e. The molecule has 0 saturated heterocycles. The number of carboxylic acid groups (broad SMARTS) is 1. The minimum absolute atomic E-state index is 0.209. The SMILES string of the molecule is CC(C)NCCCC(C)C(=O)O. The van der Waals surface area contributed by atoms with E-state index in [0.717, 1.165) is 19.4 Å². The zero-order valence-corrected chi connectivity index (χ0v) is 8.13. The van der Waals surface area contributed by atoms with E-state index in [4.69, 9.17) is 5.11 Å². The summed E-state index contributed by atoms with van der Waals surface area (Å²) in [5.41, 5.74) is 0. The lowest BCUT2D eigenvalue weighted by Crippen LogP contribution is -2.24. The van der Waals surface area contributed by atoms with Gasteiger partial charge in [-0.1, -0.05) is 20.8 Å². The number of carboxylic acids is 1. The van der Waals surface area contributed by atoms with E-state index in [1.165, 1.54) is 0 Å². The first-order valence-corrected chi connectivity index (χ1v) is 4.50. The summed E-state index contributed by atoms with van der Waals surface area (Å²) in [6.07, 6.45) is 1.70. The van der Waals surface area contributed by atoms with Gasteiger partial charge in [0, 0.05) is 6.04 Å². The van der Waals surface area contributed by atoms with E-state index < -0.39 is 5.97 Å². The highest BCUT2D eigenvalue weighted by Gasteiger charge is 2.09. The molecule has 0 aliphatic heterocycles. The summed E-state index contributed by atoms with van der Waals surface area (Å²) in [4.78, 5) is 10.4. The van der Waals surface area contributed by atoms with Gasteiger partial charge < -0.3 is 10.4 Å². The molecule has 0 aromatic heterocycles. The van der Waals surface area contributed by atoms with Crippen molar-refractivity contribution in [2.75, 3.05) is 6.54 Å². The Hall–Kier alpha value is -0.570. The minimum Gasteiger partial charge on any atom is -0.481 e. The maximum Gasteiger partial charge on any atom is 0.306 e. The van der Waals surface area contributed by atoms with Crippen LogP contribution in [0.15, 0.2) is 0 Å². The Labute approximate surface area is 74.2 Å². The summed E-state index contributed by atoms with van der Waals surface area (Å²) in [5.74, 6) is -0.904. The van der Waals surface area contributed by atoms with E-state index >= 15 is 0 Å². The van der Waals surface area contributed by atoms with Gasteiger partial charge in [-0.2, -0.15) is 0 Å². The van der Waals surface area contributed by atoms with Crippen LogP contribution in [0.5, 0.6) is 0 Å². The van der Waals surface area contributed by atoms with Crippen LogP contribution in [0.3, 0.4) is 0 Å². The molecule has 0 bridgehead atoms. The first-order chi connectivity index (χ1) is 5.54. The van der Waals surface area contributed by atoms with Gasteiger partial charge in [0.05, 0.1) is 5.92 Å². The fourth-order valence-corrected chi connectivity index (χ4v) is 0.922. The van der Waals surface area contributed by atoms with Crippen LogP contribution < -0.4 is 5.32 Å². The summed E-state index contributed by atoms with van der Waals surface area (Å²) in [7, 11) is 0. The number of aliphatic carboxylic acids is 1. The molecule has 0 saturated carbocycles. The molecule has 0 heterocycles. The molecule has 12 heavy (non-hydrogen) atoms. The van der Waals surface area contributed by atoms with Gasteiger partial charge in [0.1, 0.15) is 0 Å². The third kappa shape index (κ3) is 6.16. The van der Waals surface area contributed by atoms with E-state index in [1.54, 1.807) is 6.92 Å². The van der Waals surface area contributed by atoms with Crippen LogP contribution >= 0.6 is 0 Å². The molecule has 1 atom stereocenters. The van der Waals surface area contributed by atoms with Crippen molar-refractivity contribution in [2.24, 2.45) is 5.92 Å². The second-order valence-electron chi connectivity index (χ2n) is 3.49. The molecule has 3 nitrogen and oxygen atoms in total. The predicted octanol–water partition coefficient (Wildman–Crippen LogP) is 1.49. The van der Waals surface area contributed by atoms with Gasteiger partial charge in [0.15, 0.2) is 0 Å². The van der Waals surface area contributed by atoms with E-state index in [9.17, 15) is 4.79 Å². The van der Waals surface area contributed by atoms with Crippen molar-refractivity contribution < 1.29 is 9.90 Å². The predicted molar refractivity (Wildman–Crippen MR) is 49.2 cm³/mol. The lowest BCUT2D eigenvalue weighted by molar-refractivity contribution is -0.141. The van der Waals surface area contributed by atoms with Crippen LogP contribution in [0, 0.1) is 5.92 Å². The van der Waals surface area contributed by atoms with Crippen LogP contribution in [-0.4, -0.2) is 23.7 Å². The molecule has 0 aliphatic carbocycles. The molecule has 1 unspecified atom stereocenters. The second-order valence-corrected chi connectivity index (χ2v) is 3.49. The Morgan fingerprint density at radius 2 is 2.00 bits per heavy atom. The van der Waals surface area contributed by atoms with Crippen molar-refractivity contribution in [1.29, 1.82) is 0 Å². The third-order valence-corrected chi connectivity index (χ3v) is 1.79. The Balaban J connectivity index is 3.25. The second kappa shape index (κ2) is 6.00. The molecule has 0 radical (unpaired) electrons.